The van der Waals surface area contributed by atoms with E-state index in [4.69, 9.17) is 14.0 Å². The highest BCUT2D eigenvalue weighted by Crippen LogP contribution is 2.41. The van der Waals surface area contributed by atoms with Crippen LogP contribution in [0.2, 0.25) is 0 Å². The fourth-order valence-corrected chi connectivity index (χ4v) is 2.55. The monoisotopic (exact) mass is 334 g/mol. The molecule has 0 N–H and O–H groups in total. The minimum absolute atomic E-state index is 0.121. The van der Waals surface area contributed by atoms with Crippen molar-refractivity contribution in [1.82, 2.24) is 0 Å². The molecule has 0 atom stereocenters. The summed E-state index contributed by atoms with van der Waals surface area (Å²) in [5, 5.41) is 0. The maximum absolute atomic E-state index is 12.4. The van der Waals surface area contributed by atoms with Gasteiger partial charge in [0.2, 0.25) is 0 Å². The van der Waals surface area contributed by atoms with Crippen molar-refractivity contribution in [3.8, 4) is 0 Å². The van der Waals surface area contributed by atoms with Gasteiger partial charge in [0, 0.05) is 13.5 Å². The Kier molecular flexibility index (Phi) is 4.90. The molecule has 0 unspecified atom stereocenters. The molecule has 1 heterocycles. The molecule has 0 bridgehead atoms. The second kappa shape index (κ2) is 6.14. The summed E-state index contributed by atoms with van der Waals surface area (Å²) in [6.45, 7) is 7.89. The van der Waals surface area contributed by atoms with Gasteiger partial charge in [-0.3, -0.25) is 0 Å². The second-order valence-corrected chi connectivity index (χ2v) is 6.73. The van der Waals surface area contributed by atoms with Crippen LogP contribution in [0.1, 0.15) is 40.5 Å². The summed E-state index contributed by atoms with van der Waals surface area (Å²) in [6.07, 6.45) is -2.80. The van der Waals surface area contributed by atoms with Crippen LogP contribution >= 0.6 is 0 Å². The Morgan fingerprint density at radius 3 is 2.17 bits per heavy atom. The van der Waals surface area contributed by atoms with Crippen LogP contribution in [0, 0.1) is 0 Å². The van der Waals surface area contributed by atoms with Crippen LogP contribution in [0.15, 0.2) is 22.9 Å². The Balaban J connectivity index is 2.27. The van der Waals surface area contributed by atoms with E-state index in [1.54, 1.807) is 0 Å². The van der Waals surface area contributed by atoms with E-state index in [0.29, 0.717) is 12.0 Å². The smallest absolute Gasteiger partial charge is 0.410 e. The summed E-state index contributed by atoms with van der Waals surface area (Å²) >= 11 is 0. The average molecular weight is 334 g/mol. The van der Waals surface area contributed by atoms with Gasteiger partial charge < -0.3 is 18.8 Å². The average Bonchev–Trinajstić information content (AvgIpc) is 2.56. The normalized spacial score (nSPS) is 24.0. The topological polar surface area (TPSA) is 36.9 Å². The van der Waals surface area contributed by atoms with E-state index in [1.165, 1.54) is 13.2 Å². The summed E-state index contributed by atoms with van der Waals surface area (Å²) in [6, 6.07) is 0. The van der Waals surface area contributed by atoms with E-state index < -0.39 is 24.7 Å². The van der Waals surface area contributed by atoms with Crippen molar-refractivity contribution in [2.24, 2.45) is 0 Å². The lowest BCUT2D eigenvalue weighted by molar-refractivity contribution is -0.306. The fourth-order valence-electron chi connectivity index (χ4n) is 2.55. The van der Waals surface area contributed by atoms with Gasteiger partial charge in [-0.05, 0) is 51.2 Å². The highest BCUT2D eigenvalue weighted by atomic mass is 19.4. The third-order valence-corrected chi connectivity index (χ3v) is 4.47. The summed E-state index contributed by atoms with van der Waals surface area (Å²) in [4.78, 5) is 0. The standard InChI is InChI=1S/C15H22BF3O4/c1-13(2)14(3,4)23-16(22-13)12-7-6-11(21-15(17,18)19)8-10(12)9-20-5/h8H,6-7,9H2,1-5H3. The molecule has 1 saturated heterocycles. The Bertz CT molecular complexity index is 507. The van der Waals surface area contributed by atoms with Gasteiger partial charge in [0.05, 0.1) is 17.8 Å². The Morgan fingerprint density at radius 2 is 1.70 bits per heavy atom. The first-order valence-electron chi connectivity index (χ1n) is 7.48. The highest BCUT2D eigenvalue weighted by Gasteiger charge is 2.53. The number of hydrogen-bond acceptors (Lipinski definition) is 4. The molecule has 0 amide bonds. The molecule has 130 valence electrons. The van der Waals surface area contributed by atoms with Crippen LogP contribution < -0.4 is 0 Å². The molecule has 2 aliphatic rings. The summed E-state index contributed by atoms with van der Waals surface area (Å²) in [7, 11) is 0.899. The number of halogens is 3. The maximum atomic E-state index is 12.4. The van der Waals surface area contributed by atoms with Crippen LogP contribution in [0.4, 0.5) is 13.2 Å². The SMILES string of the molecule is COCC1=C(B2OC(C)(C)C(C)(C)O2)CCC(OC(F)(F)F)=C1. The molecule has 0 aromatic rings. The largest absolute Gasteiger partial charge is 0.572 e. The molecular formula is C15H22BF3O4. The van der Waals surface area contributed by atoms with E-state index in [-0.39, 0.29) is 18.8 Å². The first kappa shape index (κ1) is 18.4. The van der Waals surface area contributed by atoms with Gasteiger partial charge in [-0.15, -0.1) is 13.2 Å². The van der Waals surface area contributed by atoms with Crippen molar-refractivity contribution in [2.75, 3.05) is 13.7 Å². The molecule has 23 heavy (non-hydrogen) atoms. The van der Waals surface area contributed by atoms with E-state index >= 15 is 0 Å². The molecular weight excluding hydrogens is 312 g/mol. The van der Waals surface area contributed by atoms with Crippen LogP contribution in [0.3, 0.4) is 0 Å². The van der Waals surface area contributed by atoms with Gasteiger partial charge in [0.25, 0.3) is 0 Å². The molecule has 0 radical (unpaired) electrons. The van der Waals surface area contributed by atoms with Crippen molar-refractivity contribution >= 4 is 7.12 Å². The zero-order valence-corrected chi connectivity index (χ0v) is 14.0. The summed E-state index contributed by atoms with van der Waals surface area (Å²) < 4.78 is 58.3. The van der Waals surface area contributed by atoms with Gasteiger partial charge in [-0.25, -0.2) is 0 Å². The van der Waals surface area contributed by atoms with Gasteiger partial charge in [0.15, 0.2) is 0 Å². The number of methoxy groups -OCH3 is 1. The van der Waals surface area contributed by atoms with Gasteiger partial charge in [-0.1, -0.05) is 0 Å². The lowest BCUT2D eigenvalue weighted by atomic mass is 9.71. The number of hydrogen-bond donors (Lipinski definition) is 0. The first-order valence-corrected chi connectivity index (χ1v) is 7.48. The van der Waals surface area contributed by atoms with E-state index in [1.807, 2.05) is 27.7 Å². The summed E-state index contributed by atoms with van der Waals surface area (Å²) in [5.41, 5.74) is 0.404. The lowest BCUT2D eigenvalue weighted by Crippen LogP contribution is -2.41. The molecule has 0 aromatic heterocycles. The fraction of sp³-hybridized carbons (Fsp3) is 0.733. The molecule has 2 rings (SSSR count). The maximum Gasteiger partial charge on any atom is 0.572 e. The minimum atomic E-state index is -4.69. The number of ether oxygens (including phenoxy) is 2. The van der Waals surface area contributed by atoms with Crippen molar-refractivity contribution in [3.05, 3.63) is 22.9 Å². The zero-order chi connectivity index (χ0) is 17.5. The third-order valence-electron chi connectivity index (χ3n) is 4.47. The van der Waals surface area contributed by atoms with Crippen LogP contribution in [-0.4, -0.2) is 38.4 Å². The van der Waals surface area contributed by atoms with E-state index in [9.17, 15) is 13.2 Å². The van der Waals surface area contributed by atoms with Crippen LogP contribution in [0.25, 0.3) is 0 Å². The zero-order valence-electron chi connectivity index (χ0n) is 14.0. The molecule has 0 spiro atoms. The van der Waals surface area contributed by atoms with Crippen LogP contribution in [0.5, 0.6) is 0 Å². The van der Waals surface area contributed by atoms with E-state index in [2.05, 4.69) is 4.74 Å². The molecule has 8 heteroatoms. The molecule has 0 aromatic carbocycles. The Morgan fingerprint density at radius 1 is 1.13 bits per heavy atom. The molecule has 1 fully saturated rings. The number of alkyl halides is 3. The van der Waals surface area contributed by atoms with Crippen molar-refractivity contribution in [3.63, 3.8) is 0 Å². The van der Waals surface area contributed by atoms with Gasteiger partial charge in [0.1, 0.15) is 5.76 Å². The minimum Gasteiger partial charge on any atom is -0.410 e. The Hall–Kier alpha value is -0.985. The number of rotatable bonds is 4. The van der Waals surface area contributed by atoms with Crippen molar-refractivity contribution in [2.45, 2.75) is 58.1 Å². The molecule has 1 aliphatic heterocycles. The predicted molar refractivity (Wildman–Crippen MR) is 79.4 cm³/mol. The second-order valence-electron chi connectivity index (χ2n) is 6.73. The molecule has 0 saturated carbocycles. The first-order chi connectivity index (χ1) is 10.5. The lowest BCUT2D eigenvalue weighted by Gasteiger charge is -2.32. The molecule has 4 nitrogen and oxygen atoms in total. The van der Waals surface area contributed by atoms with Crippen LogP contribution in [-0.2, 0) is 18.8 Å². The van der Waals surface area contributed by atoms with E-state index in [0.717, 1.165) is 5.47 Å². The van der Waals surface area contributed by atoms with Gasteiger partial charge >= 0.3 is 13.5 Å². The molecule has 1 aliphatic carbocycles. The predicted octanol–water partition coefficient (Wildman–Crippen LogP) is 3.77. The summed E-state index contributed by atoms with van der Waals surface area (Å²) in [5.74, 6) is -0.121. The van der Waals surface area contributed by atoms with Crippen molar-refractivity contribution < 1.29 is 32.0 Å². The quantitative estimate of drug-likeness (QED) is 0.734. The Labute approximate surface area is 134 Å². The number of allylic oxidation sites excluding steroid dienone is 2. The third kappa shape index (κ3) is 4.11. The van der Waals surface area contributed by atoms with Crippen molar-refractivity contribution in [1.29, 1.82) is 0 Å². The van der Waals surface area contributed by atoms with Gasteiger partial charge in [-0.2, -0.15) is 0 Å². The highest BCUT2D eigenvalue weighted by molar-refractivity contribution is 6.55.